The predicted molar refractivity (Wildman–Crippen MR) is 91.5 cm³/mol. The number of carbonyl (C=O) groups excluding carboxylic acids is 4. The van der Waals surface area contributed by atoms with Gasteiger partial charge in [-0.25, -0.2) is 0 Å². The summed E-state index contributed by atoms with van der Waals surface area (Å²) in [5.41, 5.74) is 6.14. The molecule has 3 atom stereocenters. The first-order chi connectivity index (χ1) is 12.4. The Kier molecular flexibility index (Phi) is 6.67. The van der Waals surface area contributed by atoms with Gasteiger partial charge in [-0.15, -0.1) is 0 Å². The van der Waals surface area contributed by atoms with E-state index in [1.165, 1.54) is 0 Å². The van der Waals surface area contributed by atoms with E-state index in [4.69, 9.17) is 5.73 Å². The molecule has 0 spiro atoms. The highest BCUT2D eigenvalue weighted by Gasteiger charge is 2.31. The van der Waals surface area contributed by atoms with Crippen LogP contribution in [0.25, 0.3) is 0 Å². The van der Waals surface area contributed by atoms with E-state index in [1.54, 1.807) is 24.3 Å². The zero-order valence-electron chi connectivity index (χ0n) is 14.1. The van der Waals surface area contributed by atoms with Crippen molar-refractivity contribution in [3.8, 4) is 0 Å². The van der Waals surface area contributed by atoms with E-state index in [0.717, 1.165) is 5.56 Å². The summed E-state index contributed by atoms with van der Waals surface area (Å²) in [7, 11) is 0. The first-order valence-corrected chi connectivity index (χ1v) is 8.25. The second kappa shape index (κ2) is 8.95. The number of hydrogen-bond acceptors (Lipinski definition) is 5. The monoisotopic (exact) mass is 362 g/mol. The third-order valence-electron chi connectivity index (χ3n) is 4.07. The van der Waals surface area contributed by atoms with Crippen LogP contribution in [0.2, 0.25) is 0 Å². The maximum absolute atomic E-state index is 12.3. The summed E-state index contributed by atoms with van der Waals surface area (Å²) in [5.74, 6) is -2.27. The second-order valence-corrected chi connectivity index (χ2v) is 6.06. The molecule has 2 rings (SSSR count). The lowest BCUT2D eigenvalue weighted by atomic mass is 10.0. The van der Waals surface area contributed by atoms with Crippen molar-refractivity contribution in [2.24, 2.45) is 5.73 Å². The minimum Gasteiger partial charge on any atom is -0.394 e. The van der Waals surface area contributed by atoms with Gasteiger partial charge in [-0.1, -0.05) is 30.3 Å². The molecule has 0 aromatic heterocycles. The largest absolute Gasteiger partial charge is 0.394 e. The van der Waals surface area contributed by atoms with E-state index >= 15 is 0 Å². The molecular formula is C17H22N4O5. The summed E-state index contributed by atoms with van der Waals surface area (Å²) >= 11 is 0. The van der Waals surface area contributed by atoms with E-state index in [0.29, 0.717) is 6.42 Å². The van der Waals surface area contributed by atoms with E-state index in [-0.39, 0.29) is 18.7 Å². The molecule has 1 aromatic carbocycles. The van der Waals surface area contributed by atoms with Gasteiger partial charge in [-0.05, 0) is 12.0 Å². The first-order valence-electron chi connectivity index (χ1n) is 8.25. The number of carbonyl (C=O) groups is 4. The number of benzene rings is 1. The number of primary amides is 1. The van der Waals surface area contributed by atoms with E-state index in [2.05, 4.69) is 16.0 Å². The van der Waals surface area contributed by atoms with Crippen LogP contribution < -0.4 is 21.7 Å². The quantitative estimate of drug-likeness (QED) is 0.361. The predicted octanol–water partition coefficient (Wildman–Crippen LogP) is -2.05. The lowest BCUT2D eigenvalue weighted by molar-refractivity contribution is -0.133. The molecule has 1 heterocycles. The molecule has 0 aliphatic carbocycles. The molecule has 140 valence electrons. The highest BCUT2D eigenvalue weighted by molar-refractivity contribution is 5.95. The van der Waals surface area contributed by atoms with Gasteiger partial charge in [0, 0.05) is 12.8 Å². The van der Waals surface area contributed by atoms with Crippen molar-refractivity contribution in [3.63, 3.8) is 0 Å². The van der Waals surface area contributed by atoms with Crippen LogP contribution in [0.1, 0.15) is 18.4 Å². The lowest BCUT2D eigenvalue weighted by Crippen LogP contribution is -2.57. The standard InChI is InChI=1S/C17H22N4O5/c18-15(24)12(8-10-4-2-1-3-5-10)20-17(26)13(9-22)21-16(25)11-6-7-14(23)19-11/h1-5,11-13,22H,6-9H2,(H2,18,24)(H,19,23)(H,20,26)(H,21,25)/t11-,12+,13+/m1/s1. The molecule has 0 radical (unpaired) electrons. The summed E-state index contributed by atoms with van der Waals surface area (Å²) in [6.07, 6.45) is 0.740. The lowest BCUT2D eigenvalue weighted by Gasteiger charge is -2.22. The van der Waals surface area contributed by atoms with Crippen molar-refractivity contribution in [2.75, 3.05) is 6.61 Å². The fraction of sp³-hybridized carbons (Fsp3) is 0.412. The molecule has 6 N–H and O–H groups in total. The summed E-state index contributed by atoms with van der Waals surface area (Å²) in [6.45, 7) is -0.658. The Morgan fingerprint density at radius 1 is 1.19 bits per heavy atom. The van der Waals surface area contributed by atoms with Crippen molar-refractivity contribution in [1.29, 1.82) is 0 Å². The highest BCUT2D eigenvalue weighted by Crippen LogP contribution is 2.07. The van der Waals surface area contributed by atoms with Crippen molar-refractivity contribution < 1.29 is 24.3 Å². The second-order valence-electron chi connectivity index (χ2n) is 6.06. The van der Waals surface area contributed by atoms with Gasteiger partial charge in [0.2, 0.25) is 23.6 Å². The minimum atomic E-state index is -1.25. The zero-order chi connectivity index (χ0) is 19.1. The number of aliphatic hydroxyl groups is 1. The molecule has 26 heavy (non-hydrogen) atoms. The van der Waals surface area contributed by atoms with Crippen molar-refractivity contribution in [2.45, 2.75) is 37.4 Å². The van der Waals surface area contributed by atoms with E-state index in [9.17, 15) is 24.3 Å². The third-order valence-corrected chi connectivity index (χ3v) is 4.07. The minimum absolute atomic E-state index is 0.187. The molecule has 1 saturated heterocycles. The maximum Gasteiger partial charge on any atom is 0.245 e. The number of nitrogens with two attached hydrogens (primary N) is 1. The van der Waals surface area contributed by atoms with Gasteiger partial charge in [0.1, 0.15) is 18.1 Å². The topological polar surface area (TPSA) is 151 Å². The molecule has 9 heteroatoms. The van der Waals surface area contributed by atoms with Gasteiger partial charge in [-0.3, -0.25) is 19.2 Å². The molecule has 0 saturated carbocycles. The molecule has 1 aliphatic heterocycles. The molecule has 1 fully saturated rings. The normalized spacial score (nSPS) is 18.5. The van der Waals surface area contributed by atoms with E-state index < -0.39 is 42.5 Å². The molecule has 1 aliphatic rings. The van der Waals surface area contributed by atoms with Gasteiger partial charge < -0.3 is 26.8 Å². The Morgan fingerprint density at radius 2 is 1.88 bits per heavy atom. The van der Waals surface area contributed by atoms with E-state index in [1.807, 2.05) is 6.07 Å². The van der Waals surface area contributed by atoms with Crippen molar-refractivity contribution in [1.82, 2.24) is 16.0 Å². The SMILES string of the molecule is NC(=O)[C@H](Cc1ccccc1)NC(=O)[C@H](CO)NC(=O)[C@H]1CCC(=O)N1. The van der Waals surface area contributed by atoms with Crippen molar-refractivity contribution in [3.05, 3.63) is 35.9 Å². The molecule has 4 amide bonds. The van der Waals surface area contributed by atoms with Crippen LogP contribution in [-0.4, -0.2) is 53.5 Å². The Balaban J connectivity index is 1.96. The summed E-state index contributed by atoms with van der Waals surface area (Å²) in [4.78, 5) is 47.2. The first kappa shape index (κ1) is 19.4. The van der Waals surface area contributed by atoms with Gasteiger partial charge in [0.15, 0.2) is 0 Å². The van der Waals surface area contributed by atoms with Gasteiger partial charge in [-0.2, -0.15) is 0 Å². The maximum atomic E-state index is 12.3. The van der Waals surface area contributed by atoms with Gasteiger partial charge in [0.05, 0.1) is 6.61 Å². The number of nitrogens with one attached hydrogen (secondary N) is 3. The summed E-state index contributed by atoms with van der Waals surface area (Å²) in [6, 6.07) is 6.01. The van der Waals surface area contributed by atoms with Crippen LogP contribution in [0, 0.1) is 0 Å². The van der Waals surface area contributed by atoms with Crippen LogP contribution >= 0.6 is 0 Å². The number of amides is 4. The summed E-state index contributed by atoms with van der Waals surface area (Å²) < 4.78 is 0. The molecule has 9 nitrogen and oxygen atoms in total. The van der Waals surface area contributed by atoms with Crippen molar-refractivity contribution >= 4 is 23.6 Å². The van der Waals surface area contributed by atoms with Crippen LogP contribution in [0.3, 0.4) is 0 Å². The number of aliphatic hydroxyl groups excluding tert-OH is 1. The Labute approximate surface area is 150 Å². The Morgan fingerprint density at radius 3 is 2.42 bits per heavy atom. The van der Waals surface area contributed by atoms with Crippen LogP contribution in [0.15, 0.2) is 30.3 Å². The number of rotatable bonds is 8. The zero-order valence-corrected chi connectivity index (χ0v) is 14.1. The third kappa shape index (κ3) is 5.28. The average Bonchev–Trinajstić information content (AvgIpc) is 3.06. The Hall–Kier alpha value is -2.94. The molecule has 0 unspecified atom stereocenters. The Bertz CT molecular complexity index is 679. The molecule has 1 aromatic rings. The van der Waals surface area contributed by atoms with Gasteiger partial charge in [0.25, 0.3) is 0 Å². The summed E-state index contributed by atoms with van der Waals surface area (Å²) in [5, 5.41) is 16.7. The van der Waals surface area contributed by atoms with Crippen LogP contribution in [0.4, 0.5) is 0 Å². The fourth-order valence-corrected chi connectivity index (χ4v) is 2.62. The molecular weight excluding hydrogens is 340 g/mol. The average molecular weight is 362 g/mol. The molecule has 0 bridgehead atoms. The number of hydrogen-bond donors (Lipinski definition) is 5. The van der Waals surface area contributed by atoms with Crippen LogP contribution in [-0.2, 0) is 25.6 Å². The highest BCUT2D eigenvalue weighted by atomic mass is 16.3. The van der Waals surface area contributed by atoms with Crippen LogP contribution in [0.5, 0.6) is 0 Å². The fourth-order valence-electron chi connectivity index (χ4n) is 2.62. The van der Waals surface area contributed by atoms with Gasteiger partial charge >= 0.3 is 0 Å². The smallest absolute Gasteiger partial charge is 0.245 e.